The molecular weight excluding hydrogens is 484 g/mol. The Morgan fingerprint density at radius 3 is 1.95 bits per heavy atom. The molecule has 0 spiro atoms. The van der Waals surface area contributed by atoms with E-state index in [1.807, 2.05) is 0 Å². The van der Waals surface area contributed by atoms with Crippen molar-refractivity contribution in [3.63, 3.8) is 0 Å². The normalized spacial score (nSPS) is 11.9. The summed E-state index contributed by atoms with van der Waals surface area (Å²) in [5.74, 6) is 0. The fraction of sp³-hybridized carbons (Fsp3) is 0.105. The van der Waals surface area contributed by atoms with Crippen molar-refractivity contribution < 1.29 is 0 Å². The maximum absolute atomic E-state index is 3.66. The lowest BCUT2D eigenvalue weighted by Crippen LogP contribution is -2.10. The molecule has 0 fully saturated rings. The van der Waals surface area contributed by atoms with Gasteiger partial charge in [-0.1, -0.05) is 99.6 Å². The Morgan fingerprint density at radius 2 is 1.18 bits per heavy atom. The number of nitrogens with zero attached hydrogens (tertiary/aromatic N) is 1. The summed E-state index contributed by atoms with van der Waals surface area (Å²) in [5, 5.41) is 8.73. The van der Waals surface area contributed by atoms with Crippen molar-refractivity contribution in [3.8, 4) is 16.8 Å². The molecule has 0 unspecified atom stereocenters. The number of nitrogens with one attached hydrogen (secondary N) is 1. The second-order valence-electron chi connectivity index (χ2n) is 11.6. The van der Waals surface area contributed by atoms with E-state index in [0.29, 0.717) is 0 Å². The van der Waals surface area contributed by atoms with Gasteiger partial charge in [0.2, 0.25) is 0 Å². The van der Waals surface area contributed by atoms with Crippen LogP contribution in [-0.2, 0) is 5.41 Å². The van der Waals surface area contributed by atoms with E-state index in [2.05, 4.69) is 164 Å². The highest BCUT2D eigenvalue weighted by Crippen LogP contribution is 2.37. The van der Waals surface area contributed by atoms with E-state index in [1.54, 1.807) is 0 Å². The van der Waals surface area contributed by atoms with Crippen LogP contribution in [0.1, 0.15) is 26.3 Å². The van der Waals surface area contributed by atoms with Gasteiger partial charge in [-0.25, -0.2) is 0 Å². The number of hydrogen-bond acceptors (Lipinski definition) is 1. The third-order valence-electron chi connectivity index (χ3n) is 7.92. The molecule has 40 heavy (non-hydrogen) atoms. The lowest BCUT2D eigenvalue weighted by atomic mass is 9.86. The third kappa shape index (κ3) is 4.23. The number of benzene rings is 6. The average Bonchev–Trinajstić information content (AvgIpc) is 3.30. The molecule has 2 heteroatoms. The largest absolute Gasteiger partial charge is 0.356 e. The predicted octanol–water partition coefficient (Wildman–Crippen LogP) is 10.6. The van der Waals surface area contributed by atoms with Gasteiger partial charge in [0.15, 0.2) is 0 Å². The fourth-order valence-corrected chi connectivity index (χ4v) is 5.80. The second kappa shape index (κ2) is 9.43. The maximum atomic E-state index is 3.66. The van der Waals surface area contributed by atoms with E-state index in [1.165, 1.54) is 55.0 Å². The summed E-state index contributed by atoms with van der Waals surface area (Å²) in [7, 11) is 0. The number of anilines is 2. The molecule has 0 bridgehead atoms. The molecule has 0 saturated carbocycles. The topological polar surface area (TPSA) is 17.0 Å². The molecule has 0 aliphatic carbocycles. The molecule has 0 aliphatic rings. The van der Waals surface area contributed by atoms with E-state index >= 15 is 0 Å². The van der Waals surface area contributed by atoms with Crippen LogP contribution in [0.5, 0.6) is 0 Å². The van der Waals surface area contributed by atoms with Crippen LogP contribution < -0.4 is 5.32 Å². The van der Waals surface area contributed by atoms with E-state index in [0.717, 1.165) is 11.4 Å². The number of hydrogen-bond donors (Lipinski definition) is 1. The van der Waals surface area contributed by atoms with Gasteiger partial charge in [0, 0.05) is 27.8 Å². The second-order valence-corrected chi connectivity index (χ2v) is 11.6. The molecule has 2 nitrogen and oxygen atoms in total. The molecule has 0 atom stereocenters. The third-order valence-corrected chi connectivity index (χ3v) is 7.92. The van der Waals surface area contributed by atoms with Crippen molar-refractivity contribution >= 4 is 44.0 Å². The summed E-state index contributed by atoms with van der Waals surface area (Å²) < 4.78 is 2.37. The van der Waals surface area contributed by atoms with E-state index in [9.17, 15) is 0 Å². The van der Waals surface area contributed by atoms with Crippen molar-refractivity contribution in [1.82, 2.24) is 4.57 Å². The number of rotatable bonds is 4. The van der Waals surface area contributed by atoms with E-state index in [-0.39, 0.29) is 5.41 Å². The zero-order valence-corrected chi connectivity index (χ0v) is 23.1. The lowest BCUT2D eigenvalue weighted by Gasteiger charge is -2.19. The van der Waals surface area contributed by atoms with Crippen LogP contribution in [0.2, 0.25) is 0 Å². The SMILES string of the molecule is CC(C)(C)c1ccc2c(c1)c1cc(Nc3ccc(-c4cccc5ccccc45)cc3)ccc1n2-c1ccccc1. The van der Waals surface area contributed by atoms with Gasteiger partial charge in [0.05, 0.1) is 11.0 Å². The molecule has 0 aliphatic heterocycles. The van der Waals surface area contributed by atoms with Crippen molar-refractivity contribution in [2.24, 2.45) is 0 Å². The molecular formula is C38H32N2. The van der Waals surface area contributed by atoms with Crippen LogP contribution >= 0.6 is 0 Å². The lowest BCUT2D eigenvalue weighted by molar-refractivity contribution is 0.591. The minimum Gasteiger partial charge on any atom is -0.356 e. The first-order chi connectivity index (χ1) is 19.5. The molecule has 7 aromatic rings. The van der Waals surface area contributed by atoms with Crippen LogP contribution in [0.3, 0.4) is 0 Å². The van der Waals surface area contributed by atoms with Gasteiger partial charge < -0.3 is 9.88 Å². The molecule has 1 heterocycles. The maximum Gasteiger partial charge on any atom is 0.0542 e. The van der Waals surface area contributed by atoms with Crippen molar-refractivity contribution in [2.45, 2.75) is 26.2 Å². The minimum absolute atomic E-state index is 0.0804. The predicted molar refractivity (Wildman–Crippen MR) is 172 cm³/mol. The number of fused-ring (bicyclic) bond motifs is 4. The van der Waals surface area contributed by atoms with Gasteiger partial charge in [-0.2, -0.15) is 0 Å². The molecule has 1 aromatic heterocycles. The Bertz CT molecular complexity index is 1980. The van der Waals surface area contributed by atoms with Crippen molar-refractivity contribution in [1.29, 1.82) is 0 Å². The zero-order valence-electron chi connectivity index (χ0n) is 23.1. The first-order valence-corrected chi connectivity index (χ1v) is 14.0. The van der Waals surface area contributed by atoms with Crippen LogP contribution in [0.4, 0.5) is 11.4 Å². The first-order valence-electron chi connectivity index (χ1n) is 14.0. The molecule has 1 N–H and O–H groups in total. The Hall–Kier alpha value is -4.82. The Labute approximate surface area is 235 Å². The highest BCUT2D eigenvalue weighted by molar-refractivity contribution is 6.10. The molecule has 7 rings (SSSR count). The summed E-state index contributed by atoms with van der Waals surface area (Å²) in [6, 6.07) is 48.1. The quantitative estimate of drug-likeness (QED) is 0.246. The zero-order chi connectivity index (χ0) is 27.3. The molecule has 0 saturated heterocycles. The monoisotopic (exact) mass is 516 g/mol. The minimum atomic E-state index is 0.0804. The summed E-state index contributed by atoms with van der Waals surface area (Å²) in [6.45, 7) is 6.83. The van der Waals surface area contributed by atoms with Gasteiger partial charge in [0.25, 0.3) is 0 Å². The molecule has 194 valence electrons. The van der Waals surface area contributed by atoms with E-state index in [4.69, 9.17) is 0 Å². The van der Waals surface area contributed by atoms with Crippen LogP contribution in [0.15, 0.2) is 133 Å². The molecule has 0 radical (unpaired) electrons. The number of para-hydroxylation sites is 1. The standard InChI is InChI=1S/C38H32N2/c1-38(2,3)28-18-22-36-34(24-28)35-25-30(21-23-37(35)40(36)31-12-5-4-6-13-31)39-29-19-16-27(17-20-29)33-15-9-11-26-10-7-8-14-32(26)33/h4-25,39H,1-3H3. The summed E-state index contributed by atoms with van der Waals surface area (Å²) in [4.78, 5) is 0. The van der Waals surface area contributed by atoms with E-state index < -0.39 is 0 Å². The molecule has 0 amide bonds. The van der Waals surface area contributed by atoms with Crippen molar-refractivity contribution in [2.75, 3.05) is 5.32 Å². The van der Waals surface area contributed by atoms with Crippen LogP contribution in [-0.4, -0.2) is 4.57 Å². The fourth-order valence-electron chi connectivity index (χ4n) is 5.80. The van der Waals surface area contributed by atoms with Crippen molar-refractivity contribution in [3.05, 3.63) is 139 Å². The Kier molecular flexibility index (Phi) is 5.71. The van der Waals surface area contributed by atoms with Gasteiger partial charge in [-0.15, -0.1) is 0 Å². The summed E-state index contributed by atoms with van der Waals surface area (Å²) in [5.41, 5.74) is 9.68. The Morgan fingerprint density at radius 1 is 0.525 bits per heavy atom. The summed E-state index contributed by atoms with van der Waals surface area (Å²) in [6.07, 6.45) is 0. The Balaban J connectivity index is 1.29. The van der Waals surface area contributed by atoms with Gasteiger partial charge in [0.1, 0.15) is 0 Å². The highest BCUT2D eigenvalue weighted by atomic mass is 15.0. The molecule has 6 aromatic carbocycles. The van der Waals surface area contributed by atoms with Gasteiger partial charge >= 0.3 is 0 Å². The summed E-state index contributed by atoms with van der Waals surface area (Å²) >= 11 is 0. The smallest absolute Gasteiger partial charge is 0.0542 e. The number of aromatic nitrogens is 1. The van der Waals surface area contributed by atoms with Crippen LogP contribution in [0, 0.1) is 0 Å². The average molecular weight is 517 g/mol. The van der Waals surface area contributed by atoms with Gasteiger partial charge in [-0.05, 0) is 87.5 Å². The van der Waals surface area contributed by atoms with Crippen LogP contribution in [0.25, 0.3) is 49.4 Å². The van der Waals surface area contributed by atoms with Gasteiger partial charge in [-0.3, -0.25) is 0 Å². The highest BCUT2D eigenvalue weighted by Gasteiger charge is 2.18. The first kappa shape index (κ1) is 24.2.